The van der Waals surface area contributed by atoms with E-state index in [0.29, 0.717) is 24.1 Å². The normalized spacial score (nSPS) is 12.9. The van der Waals surface area contributed by atoms with Gasteiger partial charge in [-0.2, -0.15) is 10.4 Å². The maximum Gasteiger partial charge on any atom is 0.508 e. The van der Waals surface area contributed by atoms with E-state index < -0.39 is 26.8 Å². The maximum absolute atomic E-state index is 11.7. The molecule has 0 unspecified atom stereocenters. The van der Waals surface area contributed by atoms with Gasteiger partial charge in [-0.25, -0.2) is 13.9 Å². The predicted molar refractivity (Wildman–Crippen MR) is 108 cm³/mol. The number of ether oxygens (including phenoxy) is 3. The zero-order chi connectivity index (χ0) is 23.9. The summed E-state index contributed by atoms with van der Waals surface area (Å²) < 4.78 is 32.9. The summed E-state index contributed by atoms with van der Waals surface area (Å²) in [6.45, 7) is 5.21. The molecule has 0 aliphatic carbocycles. The predicted octanol–water partition coefficient (Wildman–Crippen LogP) is 1.68. The van der Waals surface area contributed by atoms with Crippen molar-refractivity contribution >= 4 is 19.5 Å². The van der Waals surface area contributed by atoms with Crippen molar-refractivity contribution in [3.8, 4) is 6.26 Å². The fourth-order valence-corrected chi connectivity index (χ4v) is 2.84. The third-order valence-electron chi connectivity index (χ3n) is 4.09. The Morgan fingerprint density at radius 3 is 2.69 bits per heavy atom. The number of fused-ring (bicyclic) bond motifs is 1. The van der Waals surface area contributed by atoms with Crippen LogP contribution in [0, 0.1) is 22.3 Å². The van der Waals surface area contributed by atoms with E-state index in [9.17, 15) is 9.36 Å². The average molecular weight is 471 g/mol. The van der Waals surface area contributed by atoms with Gasteiger partial charge in [0, 0.05) is 5.69 Å². The molecule has 14 heteroatoms. The Bertz CT molecular complexity index is 1080. The molecule has 0 aliphatic rings. The zero-order valence-electron chi connectivity index (χ0n) is 17.9. The van der Waals surface area contributed by atoms with Crippen LogP contribution in [-0.2, 0) is 36.5 Å². The summed E-state index contributed by atoms with van der Waals surface area (Å²) in [5.41, 5.74) is 0.811. The van der Waals surface area contributed by atoms with Gasteiger partial charge >= 0.3 is 14.0 Å². The highest BCUT2D eigenvalue weighted by Crippen LogP contribution is 2.35. The molecule has 3 N–H and O–H groups in total. The first-order chi connectivity index (χ1) is 14.9. The molecular weight excluding hydrogens is 445 g/mol. The van der Waals surface area contributed by atoms with E-state index >= 15 is 0 Å². The number of nitrogens with zero attached hydrogens (tertiary/aromatic N) is 4. The van der Waals surface area contributed by atoms with Gasteiger partial charge in [0.2, 0.25) is 0 Å². The summed E-state index contributed by atoms with van der Waals surface area (Å²) >= 11 is 0. The zero-order valence-corrected chi connectivity index (χ0v) is 18.8. The topological polar surface area (TPSA) is 181 Å². The second kappa shape index (κ2) is 10.6. The number of aromatic nitrogens is 3. The molecule has 0 fully saturated rings. The van der Waals surface area contributed by atoms with Crippen molar-refractivity contribution in [2.24, 2.45) is 5.41 Å². The lowest BCUT2D eigenvalue weighted by atomic mass is 9.99. The number of hydrogen-bond donors (Lipinski definition) is 3. The Hall–Kier alpha value is -2.91. The third kappa shape index (κ3) is 7.97. The maximum atomic E-state index is 11.7. The van der Waals surface area contributed by atoms with Crippen molar-refractivity contribution in [2.45, 2.75) is 46.4 Å². The van der Waals surface area contributed by atoms with E-state index in [-0.39, 0.29) is 24.1 Å². The molecule has 0 bridgehead atoms. The number of nitrogens with one attached hydrogen (secondary N) is 1. The lowest BCUT2D eigenvalue weighted by molar-refractivity contribution is 0.00312. The minimum Gasteiger partial charge on any atom is -0.434 e. The summed E-state index contributed by atoms with van der Waals surface area (Å²) in [5.74, 6) is 0. The molecule has 0 amide bonds. The van der Waals surface area contributed by atoms with Crippen LogP contribution in [0.3, 0.4) is 0 Å². The molecule has 0 aliphatic heterocycles. The van der Waals surface area contributed by atoms with Crippen molar-refractivity contribution in [3.05, 3.63) is 29.6 Å². The van der Waals surface area contributed by atoms with Crippen LogP contribution in [-0.4, -0.2) is 49.4 Å². The molecule has 0 spiro atoms. The van der Waals surface area contributed by atoms with Crippen molar-refractivity contribution in [1.29, 1.82) is 10.7 Å². The molecule has 1 atom stereocenters. The highest BCUT2D eigenvalue weighted by Gasteiger charge is 2.19. The van der Waals surface area contributed by atoms with Gasteiger partial charge < -0.3 is 24.0 Å². The number of aryl methyl sites for hydroxylation is 1. The summed E-state index contributed by atoms with van der Waals surface area (Å²) in [6, 6.07) is 3.34. The smallest absolute Gasteiger partial charge is 0.434 e. The van der Waals surface area contributed by atoms with Crippen LogP contribution in [0.15, 0.2) is 18.5 Å². The van der Waals surface area contributed by atoms with E-state index in [1.165, 1.54) is 10.8 Å². The van der Waals surface area contributed by atoms with Gasteiger partial charge in [-0.3, -0.25) is 14.5 Å². The number of carbonyl (C=O) groups is 1. The monoisotopic (exact) mass is 471 g/mol. The van der Waals surface area contributed by atoms with Gasteiger partial charge in [0.05, 0.1) is 6.61 Å². The lowest BCUT2D eigenvalue weighted by Crippen LogP contribution is -2.25. The summed E-state index contributed by atoms with van der Waals surface area (Å²) in [4.78, 5) is 29.3. The molecule has 2 aromatic heterocycles. The number of nitriles is 1. The molecule has 176 valence electrons. The van der Waals surface area contributed by atoms with Gasteiger partial charge in [0.15, 0.2) is 5.49 Å². The van der Waals surface area contributed by atoms with Crippen LogP contribution in [0.5, 0.6) is 0 Å². The SMILES string of the molecule is CC(C)(C)COC(=O)OC[C@H](CCc1ccc2c(=N)n(COP(=O)(O)O)cnn12)OC#N. The van der Waals surface area contributed by atoms with E-state index in [1.54, 1.807) is 18.4 Å². The van der Waals surface area contributed by atoms with Gasteiger partial charge in [-0.1, -0.05) is 20.8 Å². The quantitative estimate of drug-likeness (QED) is 0.262. The Labute approximate surface area is 183 Å². The molecule has 2 heterocycles. The molecule has 32 heavy (non-hydrogen) atoms. The van der Waals surface area contributed by atoms with Crippen LogP contribution >= 0.6 is 7.82 Å². The molecule has 0 saturated carbocycles. The van der Waals surface area contributed by atoms with Gasteiger partial charge in [0.25, 0.3) is 6.26 Å². The van der Waals surface area contributed by atoms with Crippen molar-refractivity contribution in [3.63, 3.8) is 0 Å². The molecule has 0 radical (unpaired) electrons. The Morgan fingerprint density at radius 1 is 1.34 bits per heavy atom. The number of carbonyl (C=O) groups excluding carboxylic acids is 1. The molecule has 13 nitrogen and oxygen atoms in total. The van der Waals surface area contributed by atoms with Crippen LogP contribution in [0.2, 0.25) is 0 Å². The largest absolute Gasteiger partial charge is 0.508 e. The molecule has 0 aromatic carbocycles. The van der Waals surface area contributed by atoms with E-state index in [2.05, 4.69) is 9.62 Å². The molecule has 2 aromatic rings. The fourth-order valence-electron chi connectivity index (χ4n) is 2.57. The van der Waals surface area contributed by atoms with Crippen LogP contribution in [0.25, 0.3) is 5.52 Å². The summed E-state index contributed by atoms with van der Waals surface area (Å²) in [7, 11) is -4.69. The number of phosphoric ester groups is 1. The molecular formula is C18H26N5O8P. The van der Waals surface area contributed by atoms with E-state index in [0.717, 1.165) is 4.57 Å². The van der Waals surface area contributed by atoms with E-state index in [1.807, 2.05) is 20.8 Å². The Morgan fingerprint density at radius 2 is 2.06 bits per heavy atom. The first-order valence-corrected chi connectivity index (χ1v) is 11.1. The van der Waals surface area contributed by atoms with Crippen LogP contribution in [0.1, 0.15) is 32.9 Å². The van der Waals surface area contributed by atoms with Crippen molar-refractivity contribution in [2.75, 3.05) is 13.2 Å². The van der Waals surface area contributed by atoms with Crippen molar-refractivity contribution in [1.82, 2.24) is 14.2 Å². The minimum absolute atomic E-state index is 0.0607. The van der Waals surface area contributed by atoms with Gasteiger partial charge in [0.1, 0.15) is 31.3 Å². The number of phosphoric acid groups is 1. The third-order valence-corrected chi connectivity index (χ3v) is 4.54. The second-order valence-electron chi connectivity index (χ2n) is 8.10. The molecule has 0 saturated heterocycles. The highest BCUT2D eigenvalue weighted by atomic mass is 31.2. The fraction of sp³-hybridized carbons (Fsp3) is 0.556. The van der Waals surface area contributed by atoms with Crippen molar-refractivity contribution < 1.29 is 37.9 Å². The minimum atomic E-state index is -4.69. The van der Waals surface area contributed by atoms with E-state index in [4.69, 9.17) is 34.7 Å². The van der Waals surface area contributed by atoms with Gasteiger partial charge in [-0.15, -0.1) is 0 Å². The lowest BCUT2D eigenvalue weighted by Gasteiger charge is -2.18. The highest BCUT2D eigenvalue weighted by molar-refractivity contribution is 7.46. The summed E-state index contributed by atoms with van der Waals surface area (Å²) in [6.07, 6.45) is 1.96. The Balaban J connectivity index is 1.99. The first-order valence-electron chi connectivity index (χ1n) is 9.54. The van der Waals surface area contributed by atoms with Crippen LogP contribution < -0.4 is 5.49 Å². The number of rotatable bonds is 10. The summed E-state index contributed by atoms with van der Waals surface area (Å²) in [5, 5.41) is 21.2. The Kier molecular flexibility index (Phi) is 8.40. The van der Waals surface area contributed by atoms with Gasteiger partial charge in [-0.05, 0) is 30.4 Å². The second-order valence-corrected chi connectivity index (χ2v) is 9.34. The standard InChI is InChI=1S/C18H26N5O8P/c1-18(2,3)9-29-17(24)28-8-14(30-10-19)6-4-13-5-7-15-16(20)22(11-21-23(13)15)12-31-32(25,26)27/h5,7,11,14,20H,4,6,8-9,12H2,1-3H3,(H2,25,26,27)/t14-/m0/s1. The number of hydrogen-bond acceptors (Lipinski definition) is 9. The van der Waals surface area contributed by atoms with Crippen LogP contribution in [0.4, 0.5) is 4.79 Å². The molecule has 2 rings (SSSR count). The first kappa shape index (κ1) is 25.4. The average Bonchev–Trinajstić information content (AvgIpc) is 3.10.